The number of aliphatic carboxylic acids is 1. The number of carbonyl (C=O) groups is 11. The van der Waals surface area contributed by atoms with Crippen LogP contribution >= 0.6 is 94.2 Å². The summed E-state index contributed by atoms with van der Waals surface area (Å²) >= 11 is 42.1. The molecule has 3 amide bonds. The number of aliphatic hydroxyl groups is 2. The first kappa shape index (κ1) is 115. The number of esters is 7. The van der Waals surface area contributed by atoms with E-state index in [9.17, 15) is 57.8 Å². The fraction of sp³-hybridized carbons (Fsp3) is 0.461. The molecule has 11 unspecified atom stereocenters. The lowest BCUT2D eigenvalue weighted by molar-refractivity contribution is -0.158. The van der Waals surface area contributed by atoms with Gasteiger partial charge in [-0.2, -0.15) is 0 Å². The summed E-state index contributed by atoms with van der Waals surface area (Å²) in [6, 6.07) is 31.3. The molecule has 716 valence electrons. The number of hydrogen-bond donors (Lipinski definition) is 11. The number of aliphatic hydroxyl groups excluding tert-OH is 2. The number of thiocarbonyl (C=S) groups is 1. The number of halogens is 7. The average Bonchev–Trinajstić information content (AvgIpc) is 0.836. The Kier molecular flexibility index (Phi) is 54.3. The summed E-state index contributed by atoms with van der Waals surface area (Å²) in [4.78, 5) is 131. The topological polar surface area (TPSA) is 451 Å². The minimum absolute atomic E-state index is 0. The van der Waals surface area contributed by atoms with Gasteiger partial charge in [-0.05, 0) is 196 Å². The van der Waals surface area contributed by atoms with Gasteiger partial charge < -0.3 is 106 Å². The molecule has 6 aromatic carbocycles. The molecule has 0 aliphatic heterocycles. The van der Waals surface area contributed by atoms with Crippen molar-refractivity contribution < 1.29 is 118 Å². The number of anilines is 6. The van der Waals surface area contributed by atoms with Gasteiger partial charge in [-0.25, -0.2) is 33.6 Å². The van der Waals surface area contributed by atoms with E-state index in [0.29, 0.717) is 87.4 Å². The molecule has 0 spiro atoms. The molecule has 0 radical (unpaired) electrons. The highest BCUT2D eigenvalue weighted by molar-refractivity contribution is 7.78. The fourth-order valence-corrected chi connectivity index (χ4v) is 11.7. The number of carboxylic acids is 1. The summed E-state index contributed by atoms with van der Waals surface area (Å²) in [5, 5.41) is 48.7. The normalized spacial score (nSPS) is 13.4. The van der Waals surface area contributed by atoms with E-state index in [4.69, 9.17) is 148 Å². The molecule has 129 heavy (non-hydrogen) atoms. The van der Waals surface area contributed by atoms with Crippen molar-refractivity contribution in [3.05, 3.63) is 174 Å². The maximum Gasteiger partial charge on any atom is 0.408 e. The van der Waals surface area contributed by atoms with E-state index in [-0.39, 0.29) is 58.1 Å². The Labute approximate surface area is 798 Å². The van der Waals surface area contributed by atoms with Gasteiger partial charge >= 0.3 is 66.0 Å². The molecule has 32 nitrogen and oxygen atoms in total. The van der Waals surface area contributed by atoms with Crippen LogP contribution < -0.4 is 43.0 Å². The van der Waals surface area contributed by atoms with Crippen molar-refractivity contribution in [2.24, 2.45) is 5.73 Å². The quantitative estimate of drug-likeness (QED) is 0.0102. The van der Waals surface area contributed by atoms with Crippen molar-refractivity contribution >= 4 is 200 Å². The van der Waals surface area contributed by atoms with Crippen molar-refractivity contribution in [1.82, 2.24) is 21.3 Å². The Hall–Kier alpha value is -9.91. The summed E-state index contributed by atoms with van der Waals surface area (Å²) in [5.41, 5.74) is 10.3. The zero-order valence-electron chi connectivity index (χ0n) is 77.3. The summed E-state index contributed by atoms with van der Waals surface area (Å²) < 4.78 is 63.8. The SMILES string of the molecule is CC(O)C(NC(=O)OC(C)(C)C)C(=O)O.CCOC(=O)C(N)C(C)OC(=O)Cc1ccccc1Nc1c(Cl)cccc1Cl.CCOC(=O)C(NC(=O)OC(C)(C)C)C(C)O.CCOC(=O)C(NC(=O)OC(C)(C)C)C(C)OC(=O)Cc1ccccc1Nc1c(Cl)cccc1Cl.CCOC(=O)C(NC=S)C(C)OC(=O)Cc1ccccc1Nc1c(Cl)cccc1Cl.Cl.[2H]C([3H])CC. The highest BCUT2D eigenvalue weighted by atomic mass is 35.5. The Morgan fingerprint density at radius 1 is 0.426 bits per heavy atom. The number of ether oxygens (including phenoxy) is 10. The van der Waals surface area contributed by atoms with Gasteiger partial charge in [-0.3, -0.25) is 19.2 Å². The molecule has 11 atom stereocenters. The molecule has 12 N–H and O–H groups in total. The fourth-order valence-electron chi connectivity index (χ4n) is 10.1. The first-order chi connectivity index (χ1) is 60.7. The number of nitrogens with two attached hydrogens (primary N) is 1. The smallest absolute Gasteiger partial charge is 0.408 e. The standard InChI is InChI=1S/C25H30Cl2N2O6.C21H22Cl2N2O4S.C20H22Cl2N2O4.C11H21NO5.C9H17NO5.C3H8.ClH/c1-6-33-23(31)21(29-24(32)35-25(3,4)5)15(2)34-20(30)14-16-10-7-8-13-19(16)28-22-17(26)11-9-12-18(22)27;1-3-28-21(27)19(24-12-30)13(2)29-18(26)11-14-7-4-5-10-17(14)25-20-15(22)8-6-9-16(20)23;1-3-27-20(26)18(23)12(2)28-17(25)11-13-7-4-5-10-16(13)24-19-14(21)8-6-9-15(19)22;1-6-16-9(14)8(7(2)13)12-10(15)17-11(3,4)5;1-5(11)6(7(12)13)10-8(14)15-9(2,3)4;1-3-2;/h7-13,15,21,28H,6,14H2,1-5H3,(H,29,32);4-10,12-13,19,25H,3,11H2,1-2H3,(H,24,30);4-10,12,18,24H,3,11,23H2,1-2H3;7-8,13H,6H2,1-5H3,(H,12,15);5-6,11H,1-4H3,(H,10,14)(H,12,13);3H2,1-2H3;1H/i;;;;;1TD;. The Morgan fingerprint density at radius 3 is 0.953 bits per heavy atom. The Morgan fingerprint density at radius 2 is 0.682 bits per heavy atom. The summed E-state index contributed by atoms with van der Waals surface area (Å²) in [6.07, 6.45) is -6.84. The van der Waals surface area contributed by atoms with Crippen LogP contribution in [0.4, 0.5) is 48.5 Å². The Balaban J connectivity index is 0.00000163. The van der Waals surface area contributed by atoms with E-state index in [1.165, 1.54) is 26.3 Å². The zero-order valence-corrected chi connectivity index (χ0v) is 81.5. The van der Waals surface area contributed by atoms with Crippen LogP contribution in [0.3, 0.4) is 0 Å². The van der Waals surface area contributed by atoms with Gasteiger partial charge in [0.25, 0.3) is 0 Å². The van der Waals surface area contributed by atoms with Gasteiger partial charge in [0.1, 0.15) is 41.2 Å². The third-order valence-electron chi connectivity index (χ3n) is 15.8. The van der Waals surface area contributed by atoms with E-state index in [1.54, 1.807) is 219 Å². The highest BCUT2D eigenvalue weighted by Gasteiger charge is 2.35. The second-order valence-corrected chi connectivity index (χ2v) is 32.8. The van der Waals surface area contributed by atoms with Crippen LogP contribution in [-0.2, 0) is 105 Å². The summed E-state index contributed by atoms with van der Waals surface area (Å²) in [6.45, 7) is 31.0. The van der Waals surface area contributed by atoms with Gasteiger partial charge in [0.2, 0.25) is 0 Å². The van der Waals surface area contributed by atoms with Crippen molar-refractivity contribution in [1.29, 1.82) is 0 Å². The van der Waals surface area contributed by atoms with Crippen LogP contribution in [0.1, 0.15) is 164 Å². The molecule has 6 aromatic rings. The predicted octanol–water partition coefficient (Wildman–Crippen LogP) is 17.5. The second-order valence-electron chi connectivity index (χ2n) is 30.1. The van der Waals surface area contributed by atoms with Crippen LogP contribution in [-0.4, -0.2) is 191 Å². The van der Waals surface area contributed by atoms with Crippen molar-refractivity contribution in [2.45, 2.75) is 242 Å². The molecule has 0 bridgehead atoms. The van der Waals surface area contributed by atoms with E-state index in [0.717, 1.165) is 0 Å². The number of nitrogens with one attached hydrogen (secondary N) is 7. The molecule has 0 saturated carbocycles. The van der Waals surface area contributed by atoms with Gasteiger partial charge in [-0.15, -0.1) is 12.4 Å². The molecular formula is C89H121Cl7N8O24S. The van der Waals surface area contributed by atoms with Crippen molar-refractivity contribution in [3.8, 4) is 0 Å². The number of hydrogen-bond acceptors (Lipinski definition) is 28. The minimum atomic E-state index is -1.36. The second kappa shape index (κ2) is 60.9. The van der Waals surface area contributed by atoms with Gasteiger partial charge in [0, 0.05) is 19.8 Å². The molecule has 0 aromatic heterocycles. The zero-order chi connectivity index (χ0) is 99.1. The minimum Gasteiger partial charge on any atom is -0.480 e. The van der Waals surface area contributed by atoms with E-state index < -0.39 is 150 Å². The number of carbonyl (C=O) groups excluding carboxylic acids is 10. The lowest BCUT2D eigenvalue weighted by Crippen LogP contribution is -2.51. The van der Waals surface area contributed by atoms with Crippen LogP contribution in [0.2, 0.25) is 30.1 Å². The number of amides is 3. The van der Waals surface area contributed by atoms with Crippen LogP contribution in [0.25, 0.3) is 0 Å². The number of para-hydroxylation sites is 6. The third-order valence-corrected chi connectivity index (χ3v) is 17.8. The van der Waals surface area contributed by atoms with Crippen LogP contribution in [0.15, 0.2) is 127 Å². The van der Waals surface area contributed by atoms with Gasteiger partial charge in [-0.1, -0.05) is 175 Å². The molecule has 0 saturated heterocycles. The number of benzene rings is 6. The molecule has 0 aliphatic carbocycles. The van der Waals surface area contributed by atoms with Crippen LogP contribution in [0, 0.1) is 0 Å². The maximum absolute atomic E-state index is 12.8. The first-order valence-electron chi connectivity index (χ1n) is 41.3. The molecule has 0 heterocycles. The predicted molar refractivity (Wildman–Crippen MR) is 505 cm³/mol. The summed E-state index contributed by atoms with van der Waals surface area (Å²) in [7, 11) is 0. The Bertz CT molecular complexity index is 4580. The maximum atomic E-state index is 12.8. The van der Waals surface area contributed by atoms with E-state index >= 15 is 0 Å². The number of alkyl carbamates (subject to hydrolysis) is 3. The molecular weight excluding hydrogens is 1850 g/mol. The van der Waals surface area contributed by atoms with Crippen molar-refractivity contribution in [3.63, 3.8) is 0 Å². The molecule has 0 aliphatic rings. The number of rotatable bonds is 34. The average molecular weight is 1970 g/mol. The first-order valence-corrected chi connectivity index (χ1v) is 42.9. The van der Waals surface area contributed by atoms with E-state index in [1.807, 2.05) is 19.1 Å². The third kappa shape index (κ3) is 47.5. The van der Waals surface area contributed by atoms with Gasteiger partial charge in [0.05, 0.1) is 111 Å². The lowest BCUT2D eigenvalue weighted by Gasteiger charge is -2.26. The monoisotopic (exact) mass is 1970 g/mol. The van der Waals surface area contributed by atoms with Gasteiger partial charge in [0.15, 0.2) is 24.2 Å². The largest absolute Gasteiger partial charge is 0.480 e. The highest BCUT2D eigenvalue weighted by Crippen LogP contribution is 2.37. The number of carboxylic acid groups (broad SMARTS) is 1. The summed E-state index contributed by atoms with van der Waals surface area (Å²) in [5.74, 6) is -5.54. The molecule has 40 heteroatoms. The van der Waals surface area contributed by atoms with E-state index in [2.05, 4.69) is 37.2 Å². The lowest BCUT2D eigenvalue weighted by atomic mass is 10.1. The molecule has 6 rings (SSSR count). The van der Waals surface area contributed by atoms with Crippen LogP contribution in [0.5, 0.6) is 0 Å². The van der Waals surface area contributed by atoms with Crippen molar-refractivity contribution in [2.75, 3.05) is 42.4 Å². The molecule has 0 fully saturated rings.